The highest BCUT2D eigenvalue weighted by atomic mass is 127. The van der Waals surface area contributed by atoms with Crippen LogP contribution in [-0.4, -0.2) is 26.4 Å². The molecule has 0 fully saturated rings. The molecule has 0 spiro atoms. The van der Waals surface area contributed by atoms with E-state index < -0.39 is 0 Å². The average Bonchev–Trinajstić information content (AvgIpc) is 2.52. The SMILES string of the molecule is COc1ccc(/C=C\c2cc(I)c(OC)c(OC)c2)cc1O. The molecule has 1 N–H and O–H groups in total. The summed E-state index contributed by atoms with van der Waals surface area (Å²) in [6, 6.07) is 9.16. The molecule has 0 atom stereocenters. The Balaban J connectivity index is 2.30. The lowest BCUT2D eigenvalue weighted by Gasteiger charge is -2.10. The second-order valence-corrected chi connectivity index (χ2v) is 5.67. The first-order chi connectivity index (χ1) is 10.6. The maximum absolute atomic E-state index is 9.79. The summed E-state index contributed by atoms with van der Waals surface area (Å²) in [4.78, 5) is 0. The molecule has 2 rings (SSSR count). The van der Waals surface area contributed by atoms with E-state index in [0.29, 0.717) is 11.5 Å². The number of halogens is 1. The molecule has 2 aromatic carbocycles. The Bertz CT molecular complexity index is 695. The van der Waals surface area contributed by atoms with Crippen molar-refractivity contribution < 1.29 is 19.3 Å². The Hall–Kier alpha value is -1.89. The summed E-state index contributed by atoms with van der Waals surface area (Å²) < 4.78 is 16.7. The van der Waals surface area contributed by atoms with Gasteiger partial charge in [0.2, 0.25) is 0 Å². The summed E-state index contributed by atoms with van der Waals surface area (Å²) in [5.74, 6) is 1.98. The molecule has 0 saturated carbocycles. The van der Waals surface area contributed by atoms with Gasteiger partial charge in [-0.05, 0) is 58.0 Å². The third-order valence-corrected chi connectivity index (χ3v) is 3.93. The van der Waals surface area contributed by atoms with Crippen molar-refractivity contribution in [2.24, 2.45) is 0 Å². The first kappa shape index (κ1) is 16.5. The Morgan fingerprint density at radius 3 is 2.14 bits per heavy atom. The minimum absolute atomic E-state index is 0.117. The van der Waals surface area contributed by atoms with E-state index in [4.69, 9.17) is 14.2 Å². The second kappa shape index (κ2) is 7.40. The second-order valence-electron chi connectivity index (χ2n) is 4.50. The summed E-state index contributed by atoms with van der Waals surface area (Å²) in [5.41, 5.74) is 1.86. The minimum atomic E-state index is 0.117. The summed E-state index contributed by atoms with van der Waals surface area (Å²) in [5, 5.41) is 9.79. The summed E-state index contributed by atoms with van der Waals surface area (Å²) >= 11 is 2.21. The third-order valence-electron chi connectivity index (χ3n) is 3.13. The smallest absolute Gasteiger partial charge is 0.174 e. The molecule has 0 aromatic heterocycles. The highest BCUT2D eigenvalue weighted by Crippen LogP contribution is 2.34. The molecule has 0 heterocycles. The molecule has 0 aliphatic heterocycles. The monoisotopic (exact) mass is 412 g/mol. The van der Waals surface area contributed by atoms with Crippen molar-refractivity contribution in [3.63, 3.8) is 0 Å². The first-order valence-corrected chi connectivity index (χ1v) is 7.63. The van der Waals surface area contributed by atoms with Gasteiger partial charge in [0.15, 0.2) is 23.0 Å². The molecule has 22 heavy (non-hydrogen) atoms. The molecule has 0 aliphatic carbocycles. The van der Waals surface area contributed by atoms with E-state index in [0.717, 1.165) is 20.4 Å². The van der Waals surface area contributed by atoms with E-state index in [1.54, 1.807) is 26.4 Å². The maximum atomic E-state index is 9.79. The van der Waals surface area contributed by atoms with Crippen molar-refractivity contribution in [2.75, 3.05) is 21.3 Å². The van der Waals surface area contributed by atoms with Crippen LogP contribution in [0, 0.1) is 3.57 Å². The van der Waals surface area contributed by atoms with Gasteiger partial charge in [-0.15, -0.1) is 0 Å². The predicted octanol–water partition coefficient (Wildman–Crippen LogP) is 4.19. The van der Waals surface area contributed by atoms with Crippen molar-refractivity contribution >= 4 is 34.7 Å². The number of benzene rings is 2. The molecule has 0 bridgehead atoms. The van der Waals surface area contributed by atoms with Gasteiger partial charge in [-0.25, -0.2) is 0 Å². The average molecular weight is 412 g/mol. The van der Waals surface area contributed by atoms with Crippen molar-refractivity contribution in [3.8, 4) is 23.0 Å². The molecule has 0 radical (unpaired) electrons. The standard InChI is InChI=1S/C17H17IO4/c1-20-15-7-6-11(9-14(15)19)4-5-12-8-13(18)17(22-3)16(10-12)21-2/h4-10,19H,1-3H3/b5-4-. The van der Waals surface area contributed by atoms with E-state index in [9.17, 15) is 5.11 Å². The lowest BCUT2D eigenvalue weighted by Crippen LogP contribution is -1.93. The van der Waals surface area contributed by atoms with E-state index in [1.807, 2.05) is 30.4 Å². The van der Waals surface area contributed by atoms with Crippen molar-refractivity contribution in [1.82, 2.24) is 0 Å². The molecule has 116 valence electrons. The fraction of sp³-hybridized carbons (Fsp3) is 0.176. The molecule has 5 heteroatoms. The van der Waals surface area contributed by atoms with E-state index in [1.165, 1.54) is 7.11 Å². The molecule has 0 aliphatic rings. The van der Waals surface area contributed by atoms with Crippen LogP contribution in [0.3, 0.4) is 0 Å². The molecular weight excluding hydrogens is 395 g/mol. The zero-order valence-electron chi connectivity index (χ0n) is 12.6. The van der Waals surface area contributed by atoms with E-state index in [2.05, 4.69) is 22.6 Å². The maximum Gasteiger partial charge on any atom is 0.174 e. The van der Waals surface area contributed by atoms with Crippen molar-refractivity contribution in [1.29, 1.82) is 0 Å². The number of hydrogen-bond acceptors (Lipinski definition) is 4. The van der Waals surface area contributed by atoms with Crippen LogP contribution in [0.4, 0.5) is 0 Å². The normalized spacial score (nSPS) is 10.7. The Labute approximate surface area is 143 Å². The summed E-state index contributed by atoms with van der Waals surface area (Å²) in [6.45, 7) is 0. The van der Waals surface area contributed by atoms with Gasteiger partial charge in [-0.2, -0.15) is 0 Å². The van der Waals surface area contributed by atoms with Crippen LogP contribution in [-0.2, 0) is 0 Å². The highest BCUT2D eigenvalue weighted by molar-refractivity contribution is 14.1. The summed E-state index contributed by atoms with van der Waals surface area (Å²) in [7, 11) is 4.76. The van der Waals surface area contributed by atoms with Crippen molar-refractivity contribution in [3.05, 3.63) is 45.0 Å². The predicted molar refractivity (Wildman–Crippen MR) is 95.8 cm³/mol. The van der Waals surface area contributed by atoms with Gasteiger partial charge in [0.1, 0.15) is 0 Å². The van der Waals surface area contributed by atoms with Gasteiger partial charge in [0.05, 0.1) is 24.9 Å². The van der Waals surface area contributed by atoms with Crippen LogP contribution in [0.25, 0.3) is 12.2 Å². The van der Waals surface area contributed by atoms with Gasteiger partial charge >= 0.3 is 0 Å². The van der Waals surface area contributed by atoms with Crippen LogP contribution in [0.1, 0.15) is 11.1 Å². The number of rotatable bonds is 5. The molecule has 4 nitrogen and oxygen atoms in total. The van der Waals surface area contributed by atoms with Gasteiger partial charge in [0, 0.05) is 0 Å². The van der Waals surface area contributed by atoms with Crippen LogP contribution in [0.2, 0.25) is 0 Å². The Kier molecular flexibility index (Phi) is 5.54. The van der Waals surface area contributed by atoms with Crippen LogP contribution >= 0.6 is 22.6 Å². The Morgan fingerprint density at radius 1 is 0.864 bits per heavy atom. The van der Waals surface area contributed by atoms with Crippen LogP contribution in [0.5, 0.6) is 23.0 Å². The van der Waals surface area contributed by atoms with Crippen molar-refractivity contribution in [2.45, 2.75) is 0 Å². The first-order valence-electron chi connectivity index (χ1n) is 6.55. The van der Waals surface area contributed by atoms with E-state index in [-0.39, 0.29) is 5.75 Å². The van der Waals surface area contributed by atoms with Gasteiger partial charge in [0.25, 0.3) is 0 Å². The van der Waals surface area contributed by atoms with Crippen LogP contribution in [0.15, 0.2) is 30.3 Å². The third kappa shape index (κ3) is 3.65. The van der Waals surface area contributed by atoms with Gasteiger partial charge < -0.3 is 19.3 Å². The number of hydrogen-bond donors (Lipinski definition) is 1. The number of ether oxygens (including phenoxy) is 3. The fourth-order valence-corrected chi connectivity index (χ4v) is 2.88. The number of phenolic OH excluding ortho intramolecular Hbond substituents is 1. The quantitative estimate of drug-likeness (QED) is 0.591. The fourth-order valence-electron chi connectivity index (χ4n) is 2.04. The minimum Gasteiger partial charge on any atom is -0.504 e. The zero-order valence-corrected chi connectivity index (χ0v) is 14.7. The molecule has 0 saturated heterocycles. The van der Waals surface area contributed by atoms with Crippen LogP contribution < -0.4 is 14.2 Å². The summed E-state index contributed by atoms with van der Waals surface area (Å²) in [6.07, 6.45) is 3.86. The molecule has 0 unspecified atom stereocenters. The number of phenols is 1. The molecule has 0 amide bonds. The zero-order chi connectivity index (χ0) is 16.1. The molecule has 2 aromatic rings. The van der Waals surface area contributed by atoms with Gasteiger partial charge in [-0.3, -0.25) is 0 Å². The Morgan fingerprint density at radius 2 is 1.55 bits per heavy atom. The number of methoxy groups -OCH3 is 3. The number of aromatic hydroxyl groups is 1. The topological polar surface area (TPSA) is 47.9 Å². The van der Waals surface area contributed by atoms with E-state index >= 15 is 0 Å². The van der Waals surface area contributed by atoms with Gasteiger partial charge in [-0.1, -0.05) is 18.2 Å². The highest BCUT2D eigenvalue weighted by Gasteiger charge is 2.09. The largest absolute Gasteiger partial charge is 0.504 e. The molecular formula is C17H17IO4. The lowest BCUT2D eigenvalue weighted by atomic mass is 10.1. The lowest BCUT2D eigenvalue weighted by molar-refractivity contribution is 0.353.